The summed E-state index contributed by atoms with van der Waals surface area (Å²) < 4.78 is 5.48. The number of unbranched alkanes of at least 4 members (excludes halogenated alkanes) is 48. The summed E-state index contributed by atoms with van der Waals surface area (Å²) in [5, 5.41) is 23.4. The van der Waals surface area contributed by atoms with Crippen molar-refractivity contribution in [3.63, 3.8) is 0 Å². The number of aliphatic hydroxyl groups excluding tert-OH is 2. The highest BCUT2D eigenvalue weighted by molar-refractivity contribution is 5.76. The topological polar surface area (TPSA) is 95.9 Å². The summed E-state index contributed by atoms with van der Waals surface area (Å²) in [7, 11) is 0. The van der Waals surface area contributed by atoms with Gasteiger partial charge in [0.2, 0.25) is 5.91 Å². The largest absolute Gasteiger partial charge is 0.466 e. The Kier molecular flexibility index (Phi) is 67.4. The van der Waals surface area contributed by atoms with E-state index in [4.69, 9.17) is 4.74 Å². The van der Waals surface area contributed by atoms with Crippen molar-refractivity contribution in [2.24, 2.45) is 0 Å². The maximum Gasteiger partial charge on any atom is 0.305 e. The van der Waals surface area contributed by atoms with E-state index in [-0.39, 0.29) is 18.5 Å². The van der Waals surface area contributed by atoms with Crippen LogP contribution in [0.15, 0.2) is 48.6 Å². The molecule has 0 aliphatic rings. The summed E-state index contributed by atoms with van der Waals surface area (Å²) in [6.07, 6.45) is 90.1. The van der Waals surface area contributed by atoms with Gasteiger partial charge in [-0.1, -0.05) is 332 Å². The van der Waals surface area contributed by atoms with Gasteiger partial charge < -0.3 is 20.3 Å². The van der Waals surface area contributed by atoms with Gasteiger partial charge in [-0.05, 0) is 89.9 Å². The third-order valence-corrected chi connectivity index (χ3v) is 16.6. The maximum atomic E-state index is 12.6. The molecule has 3 N–H and O–H groups in total. The molecule has 0 radical (unpaired) electrons. The molecular weight excluding hydrogens is 983 g/mol. The highest BCUT2D eigenvalue weighted by Gasteiger charge is 2.20. The summed E-state index contributed by atoms with van der Waals surface area (Å²) in [4.78, 5) is 24.6. The third-order valence-electron chi connectivity index (χ3n) is 16.6. The molecule has 6 nitrogen and oxygen atoms in total. The minimum absolute atomic E-state index is 0.00656. The summed E-state index contributed by atoms with van der Waals surface area (Å²) >= 11 is 0. The van der Waals surface area contributed by atoms with E-state index in [1.807, 2.05) is 0 Å². The number of nitrogens with one attached hydrogen (secondary N) is 1. The monoisotopic (exact) mass is 1120 g/mol. The standard InChI is InChI=1S/C74H139NO5/c1-3-5-7-9-11-13-15-17-19-20-21-22-23-24-26-29-32-35-39-42-46-50-54-58-62-66-72(77)71(70-76)75-73(78)67-63-59-55-51-47-43-40-36-33-30-27-25-28-31-34-37-41-45-49-53-57-61-65-69-80-74(79)68-64-60-56-52-48-44-38-18-16-14-12-10-8-6-4-2/h12,14,18,25,28,30,33,38,71-72,76-77H,3-11,13,15-17,19-24,26-27,29,31-32,34-37,39-70H2,1-2H3,(H,75,78)/b14-12-,28-25-,33-30-,38-18-. The molecule has 0 bridgehead atoms. The average Bonchev–Trinajstić information content (AvgIpc) is 3.46. The van der Waals surface area contributed by atoms with Crippen molar-refractivity contribution in [2.45, 2.75) is 398 Å². The van der Waals surface area contributed by atoms with Gasteiger partial charge in [0.05, 0.1) is 25.4 Å². The lowest BCUT2D eigenvalue weighted by Crippen LogP contribution is -2.45. The van der Waals surface area contributed by atoms with Crippen LogP contribution in [0, 0.1) is 0 Å². The molecule has 0 saturated heterocycles. The van der Waals surface area contributed by atoms with Crippen LogP contribution in [0.25, 0.3) is 0 Å². The van der Waals surface area contributed by atoms with Crippen LogP contribution < -0.4 is 5.32 Å². The van der Waals surface area contributed by atoms with E-state index in [1.54, 1.807) is 0 Å². The highest BCUT2D eigenvalue weighted by atomic mass is 16.5. The molecule has 0 aliphatic carbocycles. The SMILES string of the molecule is CCCCC/C=C\C/C=C\CCCCCCCC(=O)OCCCCCCCCCCC/C=C\C/C=C\CCCCCCCCCC(=O)NC(CO)C(O)CCCCCCCCCCCCCCCCCCCCCCCCCCC. The Morgan fingerprint density at radius 3 is 0.975 bits per heavy atom. The van der Waals surface area contributed by atoms with E-state index in [2.05, 4.69) is 67.8 Å². The lowest BCUT2D eigenvalue weighted by atomic mass is 10.0. The van der Waals surface area contributed by atoms with Crippen LogP contribution in [0.3, 0.4) is 0 Å². The zero-order chi connectivity index (χ0) is 57.8. The van der Waals surface area contributed by atoms with E-state index >= 15 is 0 Å². The lowest BCUT2D eigenvalue weighted by Gasteiger charge is -2.22. The summed E-state index contributed by atoms with van der Waals surface area (Å²) in [5.41, 5.74) is 0. The van der Waals surface area contributed by atoms with Crippen LogP contribution in [-0.2, 0) is 14.3 Å². The summed E-state index contributed by atoms with van der Waals surface area (Å²) in [6, 6.07) is -0.552. The van der Waals surface area contributed by atoms with E-state index in [0.29, 0.717) is 25.9 Å². The molecule has 6 heteroatoms. The first kappa shape index (κ1) is 77.8. The number of ether oxygens (including phenoxy) is 1. The number of hydrogen-bond donors (Lipinski definition) is 3. The molecule has 2 unspecified atom stereocenters. The summed E-state index contributed by atoms with van der Waals surface area (Å²) in [5.74, 6) is -0.0484. The molecule has 0 heterocycles. The second-order valence-corrected chi connectivity index (χ2v) is 24.6. The second-order valence-electron chi connectivity index (χ2n) is 24.6. The molecule has 470 valence electrons. The van der Waals surface area contributed by atoms with Crippen molar-refractivity contribution >= 4 is 11.9 Å². The minimum atomic E-state index is -0.674. The molecule has 0 saturated carbocycles. The number of esters is 1. The van der Waals surface area contributed by atoms with Crippen LogP contribution in [0.2, 0.25) is 0 Å². The van der Waals surface area contributed by atoms with Gasteiger partial charge >= 0.3 is 5.97 Å². The summed E-state index contributed by atoms with van der Waals surface area (Å²) in [6.45, 7) is 4.94. The molecule has 0 fully saturated rings. The fraction of sp³-hybridized carbons (Fsp3) is 0.865. The zero-order valence-electron chi connectivity index (χ0n) is 53.8. The maximum absolute atomic E-state index is 12.6. The predicted octanol–water partition coefficient (Wildman–Crippen LogP) is 23.3. The van der Waals surface area contributed by atoms with Crippen molar-refractivity contribution < 1.29 is 24.5 Å². The highest BCUT2D eigenvalue weighted by Crippen LogP contribution is 2.18. The molecular formula is C74H139NO5. The normalized spacial score (nSPS) is 12.8. The van der Waals surface area contributed by atoms with Crippen molar-refractivity contribution in [2.75, 3.05) is 13.2 Å². The number of aliphatic hydroxyl groups is 2. The molecule has 1 amide bonds. The molecule has 0 rings (SSSR count). The van der Waals surface area contributed by atoms with Gasteiger partial charge in [-0.2, -0.15) is 0 Å². The van der Waals surface area contributed by atoms with Gasteiger partial charge in [-0.3, -0.25) is 9.59 Å². The van der Waals surface area contributed by atoms with Crippen molar-refractivity contribution in [1.29, 1.82) is 0 Å². The van der Waals surface area contributed by atoms with Crippen LogP contribution in [-0.4, -0.2) is 47.4 Å². The Labute approximate surface area is 499 Å². The molecule has 0 aromatic rings. The Bertz CT molecular complexity index is 1340. The van der Waals surface area contributed by atoms with Crippen LogP contribution >= 0.6 is 0 Å². The number of amides is 1. The Morgan fingerprint density at radius 1 is 0.350 bits per heavy atom. The number of allylic oxidation sites excluding steroid dienone is 8. The van der Waals surface area contributed by atoms with Crippen LogP contribution in [0.1, 0.15) is 386 Å². The molecule has 2 atom stereocenters. The fourth-order valence-electron chi connectivity index (χ4n) is 11.1. The van der Waals surface area contributed by atoms with Crippen LogP contribution in [0.4, 0.5) is 0 Å². The first-order valence-electron chi connectivity index (χ1n) is 35.9. The van der Waals surface area contributed by atoms with E-state index in [9.17, 15) is 19.8 Å². The van der Waals surface area contributed by atoms with Crippen molar-refractivity contribution in [1.82, 2.24) is 5.32 Å². The van der Waals surface area contributed by atoms with Gasteiger partial charge in [0.1, 0.15) is 0 Å². The fourth-order valence-corrected chi connectivity index (χ4v) is 11.1. The number of rotatable bonds is 67. The van der Waals surface area contributed by atoms with E-state index < -0.39 is 12.1 Å². The quantitative estimate of drug-likeness (QED) is 0.0320. The molecule has 80 heavy (non-hydrogen) atoms. The third kappa shape index (κ3) is 65.0. The molecule has 0 aliphatic heterocycles. The Morgan fingerprint density at radius 2 is 0.625 bits per heavy atom. The minimum Gasteiger partial charge on any atom is -0.466 e. The smallest absolute Gasteiger partial charge is 0.305 e. The van der Waals surface area contributed by atoms with Gasteiger partial charge in [0, 0.05) is 12.8 Å². The molecule has 0 aromatic carbocycles. The predicted molar refractivity (Wildman–Crippen MR) is 352 cm³/mol. The number of hydrogen-bond acceptors (Lipinski definition) is 5. The van der Waals surface area contributed by atoms with Gasteiger partial charge in [0.15, 0.2) is 0 Å². The average molecular weight is 1120 g/mol. The first-order valence-corrected chi connectivity index (χ1v) is 35.9. The second kappa shape index (κ2) is 69.3. The van der Waals surface area contributed by atoms with Crippen molar-refractivity contribution in [3.8, 4) is 0 Å². The first-order chi connectivity index (χ1) is 39.5. The molecule has 0 aromatic heterocycles. The van der Waals surface area contributed by atoms with E-state index in [1.165, 1.54) is 289 Å². The van der Waals surface area contributed by atoms with E-state index in [0.717, 1.165) is 64.2 Å². The molecule has 0 spiro atoms. The Balaban J connectivity index is 3.45. The van der Waals surface area contributed by atoms with Gasteiger partial charge in [-0.15, -0.1) is 0 Å². The zero-order valence-corrected chi connectivity index (χ0v) is 53.8. The van der Waals surface area contributed by atoms with Gasteiger partial charge in [-0.25, -0.2) is 0 Å². The van der Waals surface area contributed by atoms with Gasteiger partial charge in [0.25, 0.3) is 0 Å². The Hall–Kier alpha value is -2.18. The number of carbonyl (C=O) groups excluding carboxylic acids is 2. The van der Waals surface area contributed by atoms with Crippen LogP contribution in [0.5, 0.6) is 0 Å². The van der Waals surface area contributed by atoms with Crippen molar-refractivity contribution in [3.05, 3.63) is 48.6 Å². The lowest BCUT2D eigenvalue weighted by molar-refractivity contribution is -0.143. The number of carbonyl (C=O) groups is 2.